The van der Waals surface area contributed by atoms with Gasteiger partial charge in [0.1, 0.15) is 0 Å². The van der Waals surface area contributed by atoms with Gasteiger partial charge < -0.3 is 4.57 Å². The molecule has 80 valence electrons. The van der Waals surface area contributed by atoms with E-state index in [4.69, 9.17) is 0 Å². The lowest BCUT2D eigenvalue weighted by Crippen LogP contribution is -1.86. The van der Waals surface area contributed by atoms with Crippen molar-refractivity contribution in [1.29, 1.82) is 0 Å². The number of rotatable bonds is 2. The van der Waals surface area contributed by atoms with Crippen LogP contribution >= 0.6 is 0 Å². The fourth-order valence-corrected chi connectivity index (χ4v) is 2.47. The Morgan fingerprint density at radius 3 is 2.60 bits per heavy atom. The predicted octanol–water partition coefficient (Wildman–Crippen LogP) is 3.75. The minimum Gasteiger partial charge on any atom is -0.350 e. The number of aryl methyl sites for hydroxylation is 4. The highest BCUT2D eigenvalue weighted by atomic mass is 14.9. The largest absolute Gasteiger partial charge is 0.350 e. The summed E-state index contributed by atoms with van der Waals surface area (Å²) in [5.74, 6) is 0. The zero-order valence-electron chi connectivity index (χ0n) is 10.1. The quantitative estimate of drug-likeness (QED) is 0.697. The Bertz CT molecular complexity index is 491. The molecule has 0 saturated heterocycles. The first-order valence-electron chi connectivity index (χ1n) is 5.68. The minimum atomic E-state index is 1.18. The third kappa shape index (κ3) is 1.67. The second-order valence-electron chi connectivity index (χ2n) is 4.49. The molecule has 2 aromatic rings. The monoisotopic (exact) mass is 201 g/mol. The van der Waals surface area contributed by atoms with Gasteiger partial charge in [0.2, 0.25) is 0 Å². The maximum atomic E-state index is 2.28. The lowest BCUT2D eigenvalue weighted by Gasteiger charge is -2.03. The van der Waals surface area contributed by atoms with Crippen LogP contribution in [0.4, 0.5) is 0 Å². The van der Waals surface area contributed by atoms with Crippen LogP contribution in [0.5, 0.6) is 0 Å². The fraction of sp³-hybridized carbons (Fsp3) is 0.429. The van der Waals surface area contributed by atoms with Crippen molar-refractivity contribution >= 4 is 10.9 Å². The summed E-state index contributed by atoms with van der Waals surface area (Å²) in [5, 5.41) is 1.46. The van der Waals surface area contributed by atoms with Gasteiger partial charge in [-0.2, -0.15) is 0 Å². The molecule has 0 fully saturated rings. The van der Waals surface area contributed by atoms with Crippen LogP contribution in [-0.2, 0) is 13.5 Å². The number of hydrogen-bond acceptors (Lipinski definition) is 0. The van der Waals surface area contributed by atoms with Gasteiger partial charge in [-0.3, -0.25) is 0 Å². The summed E-state index contributed by atoms with van der Waals surface area (Å²) >= 11 is 0. The van der Waals surface area contributed by atoms with Crippen LogP contribution in [0.15, 0.2) is 18.3 Å². The second-order valence-corrected chi connectivity index (χ2v) is 4.49. The van der Waals surface area contributed by atoms with Crippen molar-refractivity contribution in [2.75, 3.05) is 0 Å². The minimum absolute atomic E-state index is 1.18. The van der Waals surface area contributed by atoms with E-state index in [2.05, 4.69) is 50.7 Å². The zero-order valence-corrected chi connectivity index (χ0v) is 10.1. The Morgan fingerprint density at radius 1 is 1.20 bits per heavy atom. The Morgan fingerprint density at radius 2 is 1.93 bits per heavy atom. The molecular formula is C14H19N. The molecule has 0 spiro atoms. The predicted molar refractivity (Wildman–Crippen MR) is 66.4 cm³/mol. The lowest BCUT2D eigenvalue weighted by atomic mass is 10.0. The molecule has 1 heterocycles. The molecule has 0 unspecified atom stereocenters. The Balaban J connectivity index is 2.75. The van der Waals surface area contributed by atoms with Crippen molar-refractivity contribution in [2.24, 2.45) is 7.05 Å². The number of nitrogens with zero attached hydrogens (tertiary/aromatic N) is 1. The van der Waals surface area contributed by atoms with Crippen LogP contribution in [0.1, 0.15) is 30.0 Å². The third-order valence-electron chi connectivity index (χ3n) is 3.03. The Labute approximate surface area is 91.7 Å². The molecule has 15 heavy (non-hydrogen) atoms. The van der Waals surface area contributed by atoms with Crippen LogP contribution in [0.3, 0.4) is 0 Å². The molecule has 0 N–H and O–H groups in total. The summed E-state index contributed by atoms with van der Waals surface area (Å²) in [6.07, 6.45) is 4.67. The van der Waals surface area contributed by atoms with Crippen molar-refractivity contribution in [3.8, 4) is 0 Å². The van der Waals surface area contributed by atoms with E-state index in [1.807, 2.05) is 0 Å². The molecule has 1 nitrogen and oxygen atoms in total. The van der Waals surface area contributed by atoms with E-state index in [1.165, 1.54) is 40.4 Å². The molecule has 0 aliphatic carbocycles. The molecule has 1 heteroatoms. The van der Waals surface area contributed by atoms with E-state index in [-0.39, 0.29) is 0 Å². The Kier molecular flexibility index (Phi) is 2.56. The van der Waals surface area contributed by atoms with E-state index >= 15 is 0 Å². The SMILES string of the molecule is CCCc1cn(C)c2cc(C)cc(C)c12. The molecule has 0 aliphatic rings. The second kappa shape index (κ2) is 3.73. The lowest BCUT2D eigenvalue weighted by molar-refractivity contribution is 0.902. The normalized spacial score (nSPS) is 11.2. The smallest absolute Gasteiger partial charge is 0.0485 e. The molecular weight excluding hydrogens is 182 g/mol. The molecule has 0 atom stereocenters. The van der Waals surface area contributed by atoms with Gasteiger partial charge in [0.25, 0.3) is 0 Å². The molecule has 0 saturated carbocycles. The summed E-state index contributed by atoms with van der Waals surface area (Å²) in [5.41, 5.74) is 5.63. The van der Waals surface area contributed by atoms with E-state index in [0.29, 0.717) is 0 Å². The van der Waals surface area contributed by atoms with Gasteiger partial charge in [-0.25, -0.2) is 0 Å². The van der Waals surface area contributed by atoms with Crippen molar-refractivity contribution in [2.45, 2.75) is 33.6 Å². The van der Waals surface area contributed by atoms with Gasteiger partial charge in [-0.05, 0) is 43.0 Å². The Hall–Kier alpha value is -1.24. The van der Waals surface area contributed by atoms with Crippen LogP contribution < -0.4 is 0 Å². The van der Waals surface area contributed by atoms with Crippen molar-refractivity contribution in [3.63, 3.8) is 0 Å². The van der Waals surface area contributed by atoms with Crippen LogP contribution in [0.25, 0.3) is 10.9 Å². The highest BCUT2D eigenvalue weighted by Crippen LogP contribution is 2.26. The zero-order chi connectivity index (χ0) is 11.0. The number of aromatic nitrogens is 1. The van der Waals surface area contributed by atoms with E-state index in [9.17, 15) is 0 Å². The first-order chi connectivity index (χ1) is 7.13. The van der Waals surface area contributed by atoms with Gasteiger partial charge in [0, 0.05) is 24.1 Å². The summed E-state index contributed by atoms with van der Waals surface area (Å²) in [4.78, 5) is 0. The van der Waals surface area contributed by atoms with Gasteiger partial charge in [-0.15, -0.1) is 0 Å². The topological polar surface area (TPSA) is 4.93 Å². The maximum absolute atomic E-state index is 2.28. The van der Waals surface area contributed by atoms with Crippen molar-refractivity contribution < 1.29 is 0 Å². The number of fused-ring (bicyclic) bond motifs is 1. The fourth-order valence-electron chi connectivity index (χ4n) is 2.47. The molecule has 1 aromatic heterocycles. The first-order valence-corrected chi connectivity index (χ1v) is 5.68. The third-order valence-corrected chi connectivity index (χ3v) is 3.03. The van der Waals surface area contributed by atoms with Crippen molar-refractivity contribution in [1.82, 2.24) is 4.57 Å². The molecule has 0 bridgehead atoms. The standard InChI is InChI=1S/C14H19N/c1-5-6-12-9-15(4)13-8-10(2)7-11(3)14(12)13/h7-9H,5-6H2,1-4H3. The maximum Gasteiger partial charge on any atom is 0.0485 e. The van der Waals surface area contributed by atoms with Crippen LogP contribution in [0.2, 0.25) is 0 Å². The summed E-state index contributed by atoms with van der Waals surface area (Å²) in [6.45, 7) is 6.62. The molecule has 1 aromatic carbocycles. The number of hydrogen-bond donors (Lipinski definition) is 0. The molecule has 0 amide bonds. The highest BCUT2D eigenvalue weighted by molar-refractivity contribution is 5.87. The van der Waals surface area contributed by atoms with E-state index in [0.717, 1.165) is 0 Å². The average Bonchev–Trinajstić information content (AvgIpc) is 2.44. The summed E-state index contributed by atoms with van der Waals surface area (Å²) in [7, 11) is 2.14. The number of benzene rings is 1. The van der Waals surface area contributed by atoms with E-state index < -0.39 is 0 Å². The van der Waals surface area contributed by atoms with Gasteiger partial charge in [0.15, 0.2) is 0 Å². The molecule has 0 radical (unpaired) electrons. The van der Waals surface area contributed by atoms with Gasteiger partial charge >= 0.3 is 0 Å². The van der Waals surface area contributed by atoms with E-state index in [1.54, 1.807) is 0 Å². The first kappa shape index (κ1) is 10.3. The van der Waals surface area contributed by atoms with Crippen LogP contribution in [-0.4, -0.2) is 4.57 Å². The highest BCUT2D eigenvalue weighted by Gasteiger charge is 2.08. The van der Waals surface area contributed by atoms with Gasteiger partial charge in [0.05, 0.1) is 0 Å². The summed E-state index contributed by atoms with van der Waals surface area (Å²) in [6, 6.07) is 4.56. The molecule has 0 aliphatic heterocycles. The summed E-state index contributed by atoms with van der Waals surface area (Å²) < 4.78 is 2.25. The van der Waals surface area contributed by atoms with Crippen LogP contribution in [0, 0.1) is 13.8 Å². The van der Waals surface area contributed by atoms with Gasteiger partial charge in [-0.1, -0.05) is 19.4 Å². The average molecular weight is 201 g/mol. The molecule has 2 rings (SSSR count). The van der Waals surface area contributed by atoms with Crippen molar-refractivity contribution in [3.05, 3.63) is 35.0 Å².